The Morgan fingerprint density at radius 1 is 1.09 bits per heavy atom. The second kappa shape index (κ2) is 6.04. The Kier molecular flexibility index (Phi) is 3.92. The third-order valence-electron chi connectivity index (χ3n) is 3.59. The number of ether oxygens (including phenoxy) is 3. The lowest BCUT2D eigenvalue weighted by molar-refractivity contribution is 0.323. The van der Waals surface area contributed by atoms with Gasteiger partial charge in [-0.05, 0) is 29.8 Å². The maximum atomic E-state index is 12.4. The summed E-state index contributed by atoms with van der Waals surface area (Å²) in [5.74, 6) is 1.59. The van der Waals surface area contributed by atoms with Crippen LogP contribution in [-0.4, -0.2) is 35.5 Å². The Labute approximate surface area is 132 Å². The van der Waals surface area contributed by atoms with Gasteiger partial charge in [-0.1, -0.05) is 0 Å². The van der Waals surface area contributed by atoms with Crippen molar-refractivity contribution in [2.75, 3.05) is 21.3 Å². The van der Waals surface area contributed by atoms with E-state index < -0.39 is 0 Å². The lowest BCUT2D eigenvalue weighted by atomic mass is 10.2. The first kappa shape index (κ1) is 15.0. The second-order valence-electron chi connectivity index (χ2n) is 4.92. The van der Waals surface area contributed by atoms with Crippen molar-refractivity contribution in [1.82, 2.24) is 14.2 Å². The van der Waals surface area contributed by atoms with E-state index in [0.717, 1.165) is 11.1 Å². The molecule has 0 radical (unpaired) electrons. The minimum atomic E-state index is -0.207. The van der Waals surface area contributed by atoms with Gasteiger partial charge in [0.2, 0.25) is 5.75 Å². The first-order valence-corrected chi connectivity index (χ1v) is 7.00. The number of hydrogen-bond acceptors (Lipinski definition) is 5. The van der Waals surface area contributed by atoms with Gasteiger partial charge in [-0.15, -0.1) is 0 Å². The Balaban J connectivity index is 2.04. The van der Waals surface area contributed by atoms with E-state index in [-0.39, 0.29) is 5.69 Å². The smallest absolute Gasteiger partial charge is 0.349 e. The van der Waals surface area contributed by atoms with Gasteiger partial charge in [0.1, 0.15) is 0 Å². The zero-order chi connectivity index (χ0) is 16.4. The van der Waals surface area contributed by atoms with E-state index >= 15 is 0 Å². The van der Waals surface area contributed by atoms with E-state index in [1.165, 1.54) is 4.68 Å². The van der Waals surface area contributed by atoms with Gasteiger partial charge in [-0.3, -0.25) is 4.40 Å². The molecule has 0 aliphatic carbocycles. The summed E-state index contributed by atoms with van der Waals surface area (Å²) >= 11 is 0. The van der Waals surface area contributed by atoms with E-state index in [2.05, 4.69) is 5.10 Å². The summed E-state index contributed by atoms with van der Waals surface area (Å²) in [6.45, 7) is 0.295. The summed E-state index contributed by atoms with van der Waals surface area (Å²) < 4.78 is 18.9. The number of benzene rings is 1. The predicted octanol–water partition coefficient (Wildman–Crippen LogP) is 1.57. The van der Waals surface area contributed by atoms with Crippen LogP contribution in [-0.2, 0) is 6.54 Å². The highest BCUT2D eigenvalue weighted by atomic mass is 16.5. The number of fused-ring (bicyclic) bond motifs is 1. The van der Waals surface area contributed by atoms with Gasteiger partial charge in [0.15, 0.2) is 11.5 Å². The summed E-state index contributed by atoms with van der Waals surface area (Å²) in [4.78, 5) is 12.4. The molecule has 0 spiro atoms. The summed E-state index contributed by atoms with van der Waals surface area (Å²) in [5, 5.41) is 4.20. The first-order valence-electron chi connectivity index (χ1n) is 7.00. The fourth-order valence-corrected chi connectivity index (χ4v) is 2.48. The minimum Gasteiger partial charge on any atom is -0.493 e. The molecule has 120 valence electrons. The quantitative estimate of drug-likeness (QED) is 0.715. The van der Waals surface area contributed by atoms with Gasteiger partial charge < -0.3 is 14.2 Å². The Bertz CT molecular complexity index is 873. The van der Waals surface area contributed by atoms with Crippen molar-refractivity contribution in [3.8, 4) is 17.2 Å². The number of rotatable bonds is 5. The molecule has 0 unspecified atom stereocenters. The fraction of sp³-hybridized carbons (Fsp3) is 0.250. The fourth-order valence-electron chi connectivity index (χ4n) is 2.48. The summed E-state index contributed by atoms with van der Waals surface area (Å²) in [6, 6.07) is 7.24. The molecule has 0 saturated carbocycles. The molecule has 0 saturated heterocycles. The highest BCUT2D eigenvalue weighted by Gasteiger charge is 2.14. The standard InChI is InChI=1S/C16H17N3O4/c1-21-13-7-11(8-14(22-2)15(13)23-3)10-19-16(20)18-6-4-5-12(18)9-17-19/h4-9H,10H2,1-3H3. The maximum Gasteiger partial charge on any atom is 0.349 e. The predicted molar refractivity (Wildman–Crippen MR) is 84.7 cm³/mol. The van der Waals surface area contributed by atoms with Crippen molar-refractivity contribution in [1.29, 1.82) is 0 Å². The van der Waals surface area contributed by atoms with Gasteiger partial charge >= 0.3 is 5.69 Å². The molecule has 2 aromatic heterocycles. The number of aromatic nitrogens is 3. The monoisotopic (exact) mass is 315 g/mol. The first-order chi connectivity index (χ1) is 11.2. The van der Waals surface area contributed by atoms with Crippen LogP contribution in [0.4, 0.5) is 0 Å². The molecule has 0 fully saturated rings. The molecule has 0 atom stereocenters. The minimum absolute atomic E-state index is 0.207. The highest BCUT2D eigenvalue weighted by Crippen LogP contribution is 2.38. The van der Waals surface area contributed by atoms with Crippen molar-refractivity contribution in [2.45, 2.75) is 6.54 Å². The maximum absolute atomic E-state index is 12.4. The van der Waals surface area contributed by atoms with E-state index in [1.54, 1.807) is 50.3 Å². The van der Waals surface area contributed by atoms with Crippen molar-refractivity contribution < 1.29 is 14.2 Å². The zero-order valence-corrected chi connectivity index (χ0v) is 13.1. The molecular formula is C16H17N3O4. The molecule has 3 rings (SSSR count). The van der Waals surface area contributed by atoms with Crippen LogP contribution in [0.5, 0.6) is 17.2 Å². The van der Waals surface area contributed by atoms with E-state index in [0.29, 0.717) is 23.8 Å². The average Bonchev–Trinajstić information content (AvgIpc) is 3.05. The van der Waals surface area contributed by atoms with Crippen molar-refractivity contribution in [3.63, 3.8) is 0 Å². The molecule has 0 aliphatic heterocycles. The van der Waals surface area contributed by atoms with Crippen molar-refractivity contribution >= 4 is 5.52 Å². The van der Waals surface area contributed by atoms with Crippen molar-refractivity contribution in [3.05, 3.63) is 52.7 Å². The van der Waals surface area contributed by atoms with Crippen LogP contribution >= 0.6 is 0 Å². The van der Waals surface area contributed by atoms with Crippen LogP contribution in [0.15, 0.2) is 41.5 Å². The Morgan fingerprint density at radius 3 is 2.39 bits per heavy atom. The molecule has 2 heterocycles. The van der Waals surface area contributed by atoms with Crippen molar-refractivity contribution in [2.24, 2.45) is 0 Å². The molecule has 7 nitrogen and oxygen atoms in total. The van der Waals surface area contributed by atoms with E-state index in [4.69, 9.17) is 14.2 Å². The lowest BCUT2D eigenvalue weighted by Gasteiger charge is -2.14. The van der Waals surface area contributed by atoms with Gasteiger partial charge in [0.05, 0.1) is 39.6 Å². The third kappa shape index (κ3) is 2.61. The third-order valence-corrected chi connectivity index (χ3v) is 3.59. The molecule has 0 bridgehead atoms. The normalized spacial score (nSPS) is 10.7. The molecule has 3 aromatic rings. The Hall–Kier alpha value is -2.96. The van der Waals surface area contributed by atoms with E-state index in [1.807, 2.05) is 12.1 Å². The largest absolute Gasteiger partial charge is 0.493 e. The summed E-state index contributed by atoms with van der Waals surface area (Å²) in [5.41, 5.74) is 1.37. The topological polar surface area (TPSA) is 67.0 Å². The molecule has 7 heteroatoms. The lowest BCUT2D eigenvalue weighted by Crippen LogP contribution is -2.28. The number of hydrogen-bond donors (Lipinski definition) is 0. The van der Waals surface area contributed by atoms with Crippen LogP contribution in [0.2, 0.25) is 0 Å². The van der Waals surface area contributed by atoms with Gasteiger partial charge in [-0.2, -0.15) is 5.10 Å². The number of methoxy groups -OCH3 is 3. The molecule has 23 heavy (non-hydrogen) atoms. The number of nitrogens with zero attached hydrogens (tertiary/aromatic N) is 3. The molecule has 0 N–H and O–H groups in total. The second-order valence-corrected chi connectivity index (χ2v) is 4.92. The molecule has 0 aliphatic rings. The molecular weight excluding hydrogens is 298 g/mol. The van der Waals surface area contributed by atoms with Gasteiger partial charge in [0, 0.05) is 6.20 Å². The van der Waals surface area contributed by atoms with Crippen LogP contribution in [0.25, 0.3) is 5.52 Å². The summed E-state index contributed by atoms with van der Waals surface area (Å²) in [7, 11) is 4.65. The SMILES string of the molecule is COc1cc(Cn2ncc3cccn3c2=O)cc(OC)c1OC. The van der Waals surface area contributed by atoms with E-state index in [9.17, 15) is 4.79 Å². The Morgan fingerprint density at radius 2 is 1.78 bits per heavy atom. The van der Waals surface area contributed by atoms with Crippen LogP contribution < -0.4 is 19.9 Å². The summed E-state index contributed by atoms with van der Waals surface area (Å²) in [6.07, 6.45) is 3.37. The average molecular weight is 315 g/mol. The van der Waals surface area contributed by atoms with Gasteiger partial charge in [-0.25, -0.2) is 9.48 Å². The zero-order valence-electron chi connectivity index (χ0n) is 13.1. The molecule has 0 amide bonds. The van der Waals surface area contributed by atoms with Gasteiger partial charge in [0.25, 0.3) is 0 Å². The molecule has 1 aromatic carbocycles. The van der Waals surface area contributed by atoms with Crippen LogP contribution in [0.1, 0.15) is 5.56 Å². The highest BCUT2D eigenvalue weighted by molar-refractivity contribution is 5.53. The van der Waals surface area contributed by atoms with Crippen LogP contribution in [0, 0.1) is 0 Å². The van der Waals surface area contributed by atoms with Crippen LogP contribution in [0.3, 0.4) is 0 Å².